The van der Waals surface area contributed by atoms with Crippen LogP contribution in [0, 0.1) is 0 Å². The molecule has 8 heteroatoms. The molecule has 0 aromatic carbocycles. The summed E-state index contributed by atoms with van der Waals surface area (Å²) in [6.45, 7) is 0. The van der Waals surface area contributed by atoms with E-state index in [1.54, 1.807) is 0 Å². The van der Waals surface area contributed by atoms with Gasteiger partial charge in [-0.3, -0.25) is 9.69 Å². The maximum absolute atomic E-state index is 11.6. The lowest BCUT2D eigenvalue weighted by Gasteiger charge is -2.47. The van der Waals surface area contributed by atoms with Crippen molar-refractivity contribution in [1.29, 1.82) is 0 Å². The number of carboxylic acids is 1. The number of thioether (sulfide) groups is 1. The summed E-state index contributed by atoms with van der Waals surface area (Å²) in [4.78, 5) is 34.2. The zero-order chi connectivity index (χ0) is 11.9. The lowest BCUT2D eigenvalue weighted by atomic mass is 10.1. The van der Waals surface area contributed by atoms with E-state index in [1.807, 2.05) is 0 Å². The number of nitrogens with two attached hydrogens (primary N) is 1. The van der Waals surface area contributed by atoms with Gasteiger partial charge in [-0.2, -0.15) is 0 Å². The second kappa shape index (κ2) is 3.71. The highest BCUT2D eigenvalue weighted by atomic mass is 32.2. The predicted octanol–water partition coefficient (Wildman–Crippen LogP) is -1.09. The van der Waals surface area contributed by atoms with Gasteiger partial charge in [-0.05, 0) is 6.08 Å². The molecule has 7 nitrogen and oxygen atoms in total. The molecule has 0 aliphatic carbocycles. The van der Waals surface area contributed by atoms with Crippen LogP contribution in [0.5, 0.6) is 0 Å². The molecule has 0 saturated carbocycles. The fourth-order valence-electron chi connectivity index (χ4n) is 1.69. The minimum absolute atomic E-state index is 0.0312. The zero-order valence-corrected chi connectivity index (χ0v) is 8.86. The Morgan fingerprint density at radius 1 is 1.62 bits per heavy atom. The van der Waals surface area contributed by atoms with Gasteiger partial charge in [0.1, 0.15) is 17.1 Å². The third-order valence-corrected chi connectivity index (χ3v) is 3.55. The van der Waals surface area contributed by atoms with Crippen molar-refractivity contribution in [3.05, 3.63) is 11.8 Å². The van der Waals surface area contributed by atoms with Gasteiger partial charge in [0.25, 0.3) is 5.91 Å². The molecule has 1 fully saturated rings. The summed E-state index contributed by atoms with van der Waals surface area (Å²) in [5.74, 6) is -1.09. The molecule has 1 saturated heterocycles. The normalized spacial score (nSPS) is 27.6. The van der Waals surface area contributed by atoms with Crippen molar-refractivity contribution in [1.82, 2.24) is 10.2 Å². The van der Waals surface area contributed by atoms with Crippen molar-refractivity contribution < 1.29 is 19.5 Å². The third-order valence-electron chi connectivity index (χ3n) is 2.36. The molecular formula is C8H9N3O4S. The largest absolute Gasteiger partial charge is 0.477 e. The predicted molar refractivity (Wildman–Crippen MR) is 55.3 cm³/mol. The number of carbonyl (C=O) groups is 3. The molecule has 0 radical (unpaired) electrons. The molecule has 0 aromatic heterocycles. The van der Waals surface area contributed by atoms with E-state index >= 15 is 0 Å². The average Bonchev–Trinajstić information content (AvgIpc) is 2.24. The molecule has 2 aliphatic rings. The number of fused-ring (bicyclic) bond motifs is 1. The standard InChI is InChI=1S/C8H9N3O4S/c9-8(15)10-4-5(12)11-3(7(13)14)1-2-16-6(4)11/h1,4,6H,2H2,(H,13,14)(H3,9,10,15)/t4?,6-/m0/s1. The molecule has 4 N–H and O–H groups in total. The number of primary amides is 1. The number of nitrogens with zero attached hydrogens (tertiary/aromatic N) is 1. The molecular weight excluding hydrogens is 234 g/mol. The molecule has 1 unspecified atom stereocenters. The highest BCUT2D eigenvalue weighted by molar-refractivity contribution is 8.00. The Labute approximate surface area is 94.6 Å². The van der Waals surface area contributed by atoms with Gasteiger partial charge in [0.15, 0.2) is 0 Å². The van der Waals surface area contributed by atoms with Gasteiger partial charge in [0.05, 0.1) is 0 Å². The number of urea groups is 1. The first-order valence-corrected chi connectivity index (χ1v) is 5.51. The number of rotatable bonds is 2. The topological polar surface area (TPSA) is 113 Å². The number of carboxylic acid groups (broad SMARTS) is 1. The maximum atomic E-state index is 11.6. The lowest BCUT2D eigenvalue weighted by molar-refractivity contribution is -0.148. The summed E-state index contributed by atoms with van der Waals surface area (Å²) in [5, 5.41) is 10.8. The van der Waals surface area contributed by atoms with Crippen LogP contribution in [0.1, 0.15) is 0 Å². The Morgan fingerprint density at radius 3 is 2.88 bits per heavy atom. The van der Waals surface area contributed by atoms with E-state index in [4.69, 9.17) is 10.8 Å². The number of hydrogen-bond acceptors (Lipinski definition) is 4. The van der Waals surface area contributed by atoms with E-state index in [0.717, 1.165) is 4.90 Å². The van der Waals surface area contributed by atoms with Crippen molar-refractivity contribution in [2.75, 3.05) is 5.75 Å². The summed E-state index contributed by atoms with van der Waals surface area (Å²) in [5.41, 5.74) is 4.89. The third kappa shape index (κ3) is 1.51. The van der Waals surface area contributed by atoms with Crippen molar-refractivity contribution in [2.45, 2.75) is 11.4 Å². The first kappa shape index (κ1) is 10.8. The van der Waals surface area contributed by atoms with Crippen molar-refractivity contribution in [3.63, 3.8) is 0 Å². The molecule has 2 rings (SSSR count). The minimum atomic E-state index is -1.14. The second-order valence-corrected chi connectivity index (χ2v) is 4.46. The van der Waals surface area contributed by atoms with Crippen LogP contribution in [-0.4, -0.2) is 45.1 Å². The molecule has 2 heterocycles. The average molecular weight is 243 g/mol. The second-order valence-electron chi connectivity index (χ2n) is 3.31. The van der Waals surface area contributed by atoms with Crippen LogP contribution in [0.15, 0.2) is 11.8 Å². The van der Waals surface area contributed by atoms with Gasteiger partial charge in [0.2, 0.25) is 0 Å². The monoisotopic (exact) mass is 243 g/mol. The maximum Gasteiger partial charge on any atom is 0.352 e. The van der Waals surface area contributed by atoms with Gasteiger partial charge in [-0.15, -0.1) is 11.8 Å². The van der Waals surface area contributed by atoms with E-state index in [0.29, 0.717) is 5.75 Å². The fourth-order valence-corrected chi connectivity index (χ4v) is 2.89. The Balaban J connectivity index is 2.16. The molecule has 2 aliphatic heterocycles. The number of aliphatic carboxylic acids is 1. The summed E-state index contributed by atoms with van der Waals surface area (Å²) >= 11 is 1.38. The molecule has 0 bridgehead atoms. The van der Waals surface area contributed by atoms with Crippen LogP contribution in [0.4, 0.5) is 4.79 Å². The van der Waals surface area contributed by atoms with Crippen LogP contribution in [0.3, 0.4) is 0 Å². The van der Waals surface area contributed by atoms with E-state index in [-0.39, 0.29) is 11.1 Å². The summed E-state index contributed by atoms with van der Waals surface area (Å²) < 4.78 is 0. The van der Waals surface area contributed by atoms with Gasteiger partial charge in [-0.25, -0.2) is 9.59 Å². The van der Waals surface area contributed by atoms with E-state index in [2.05, 4.69) is 5.32 Å². The first-order chi connectivity index (χ1) is 7.52. The molecule has 2 atom stereocenters. The number of carbonyl (C=O) groups excluding carboxylic acids is 2. The number of β-lactam (4-membered cyclic amide) rings is 1. The molecule has 0 aromatic rings. The minimum Gasteiger partial charge on any atom is -0.477 e. The van der Waals surface area contributed by atoms with Gasteiger partial charge >= 0.3 is 12.0 Å². The fraction of sp³-hybridized carbons (Fsp3) is 0.375. The molecule has 86 valence electrons. The molecule has 0 spiro atoms. The highest BCUT2D eigenvalue weighted by Gasteiger charge is 2.52. The number of amides is 3. The smallest absolute Gasteiger partial charge is 0.352 e. The summed E-state index contributed by atoms with van der Waals surface area (Å²) in [6.07, 6.45) is 1.47. The number of nitrogens with one attached hydrogen (secondary N) is 1. The summed E-state index contributed by atoms with van der Waals surface area (Å²) in [7, 11) is 0. The van der Waals surface area contributed by atoms with Crippen LogP contribution in [0.25, 0.3) is 0 Å². The highest BCUT2D eigenvalue weighted by Crippen LogP contribution is 2.37. The SMILES string of the molecule is NC(=O)NC1C(=O)N2C(C(=O)O)=CCS[C@@H]12. The van der Waals surface area contributed by atoms with E-state index < -0.39 is 23.9 Å². The Hall–Kier alpha value is -1.70. The first-order valence-electron chi connectivity index (χ1n) is 4.46. The Morgan fingerprint density at radius 2 is 2.31 bits per heavy atom. The van der Waals surface area contributed by atoms with Crippen LogP contribution < -0.4 is 11.1 Å². The van der Waals surface area contributed by atoms with Crippen LogP contribution in [0.2, 0.25) is 0 Å². The van der Waals surface area contributed by atoms with Crippen molar-refractivity contribution >= 4 is 29.7 Å². The molecule has 3 amide bonds. The van der Waals surface area contributed by atoms with Gasteiger partial charge in [0, 0.05) is 5.75 Å². The molecule has 16 heavy (non-hydrogen) atoms. The Bertz CT molecular complexity index is 408. The lowest BCUT2D eigenvalue weighted by Crippen LogP contribution is -2.70. The van der Waals surface area contributed by atoms with Crippen LogP contribution in [-0.2, 0) is 9.59 Å². The van der Waals surface area contributed by atoms with Gasteiger partial charge in [-0.1, -0.05) is 0 Å². The van der Waals surface area contributed by atoms with Gasteiger partial charge < -0.3 is 16.2 Å². The zero-order valence-electron chi connectivity index (χ0n) is 8.04. The van der Waals surface area contributed by atoms with Crippen molar-refractivity contribution in [2.24, 2.45) is 5.73 Å². The van der Waals surface area contributed by atoms with Crippen molar-refractivity contribution in [3.8, 4) is 0 Å². The number of hydrogen-bond donors (Lipinski definition) is 3. The van der Waals surface area contributed by atoms with E-state index in [1.165, 1.54) is 17.8 Å². The van der Waals surface area contributed by atoms with E-state index in [9.17, 15) is 14.4 Å². The quantitative estimate of drug-likeness (QED) is 0.533. The summed E-state index contributed by atoms with van der Waals surface area (Å²) in [6, 6.07) is -1.50. The van der Waals surface area contributed by atoms with Crippen LogP contribution >= 0.6 is 11.8 Å². The Kier molecular flexibility index (Phi) is 2.50.